The van der Waals surface area contributed by atoms with Crippen molar-refractivity contribution >= 4 is 50.1 Å². The van der Waals surface area contributed by atoms with Crippen molar-refractivity contribution in [2.75, 3.05) is 4.90 Å². The van der Waals surface area contributed by atoms with Crippen LogP contribution >= 0.6 is 0 Å². The lowest BCUT2D eigenvalue weighted by Crippen LogP contribution is -2.28. The molecule has 0 bridgehead atoms. The molecule has 0 fully saturated rings. The molecular weight excluding hydrogens is 799 g/mol. The van der Waals surface area contributed by atoms with Crippen LogP contribution in [0.2, 0.25) is 0 Å². The van der Waals surface area contributed by atoms with Crippen LogP contribution in [0.1, 0.15) is 66.6 Å². The first kappa shape index (κ1) is 38.5. The molecule has 1 unspecified atom stereocenters. The van der Waals surface area contributed by atoms with Crippen LogP contribution in [0.3, 0.4) is 0 Å². The van der Waals surface area contributed by atoms with Gasteiger partial charge in [-0.15, -0.1) is 0 Å². The Morgan fingerprint density at radius 1 is 0.485 bits per heavy atom. The van der Waals surface area contributed by atoms with E-state index in [-0.39, 0.29) is 5.41 Å². The Hall–Kier alpha value is -7.94. The number of nitrogens with zero attached hydrogens (tertiary/aromatic N) is 1. The number of para-hydroxylation sites is 2. The molecule has 314 valence electrons. The third-order valence-electron chi connectivity index (χ3n) is 15.1. The summed E-state index contributed by atoms with van der Waals surface area (Å²) in [5.41, 5.74) is 25.0. The highest BCUT2D eigenvalue weighted by molar-refractivity contribution is 6.13. The largest absolute Gasteiger partial charge is 0.455 e. The number of hydrogen-bond acceptors (Lipinski definition) is 2. The number of rotatable bonds is 6. The van der Waals surface area contributed by atoms with Crippen molar-refractivity contribution in [3.8, 4) is 33.4 Å². The van der Waals surface area contributed by atoms with E-state index in [1.807, 2.05) is 6.07 Å². The number of benzene rings is 9. The Labute approximate surface area is 386 Å². The molecule has 0 amide bonds. The quantitative estimate of drug-likeness (QED) is 0.166. The van der Waals surface area contributed by atoms with Crippen LogP contribution in [0, 0.1) is 0 Å². The molecule has 2 heteroatoms. The Kier molecular flexibility index (Phi) is 8.33. The molecule has 3 aliphatic rings. The zero-order chi connectivity index (χ0) is 44.3. The van der Waals surface area contributed by atoms with Crippen molar-refractivity contribution in [1.82, 2.24) is 0 Å². The summed E-state index contributed by atoms with van der Waals surface area (Å²) in [5.74, 6) is 0. The van der Waals surface area contributed by atoms with Crippen LogP contribution < -0.4 is 4.90 Å². The molecule has 1 atom stereocenters. The minimum absolute atomic E-state index is 0.169. The average Bonchev–Trinajstić information content (AvgIpc) is 4.05. The molecule has 0 N–H and O–H groups in total. The van der Waals surface area contributed by atoms with E-state index in [1.165, 1.54) is 83.6 Å². The van der Waals surface area contributed by atoms with Gasteiger partial charge in [-0.05, 0) is 128 Å². The number of anilines is 3. The Balaban J connectivity index is 1.07. The van der Waals surface area contributed by atoms with E-state index >= 15 is 0 Å². The first-order chi connectivity index (χ1) is 32.4. The van der Waals surface area contributed by atoms with E-state index in [9.17, 15) is 0 Å². The normalized spacial score (nSPS) is 16.4. The van der Waals surface area contributed by atoms with Crippen molar-refractivity contribution in [1.29, 1.82) is 0 Å². The van der Waals surface area contributed by atoms with Gasteiger partial charge in [0.1, 0.15) is 11.2 Å². The minimum Gasteiger partial charge on any atom is -0.455 e. The summed E-state index contributed by atoms with van der Waals surface area (Å²) in [7, 11) is 0. The van der Waals surface area contributed by atoms with E-state index in [0.717, 1.165) is 44.4 Å². The Morgan fingerprint density at radius 3 is 1.83 bits per heavy atom. The van der Waals surface area contributed by atoms with Crippen molar-refractivity contribution in [2.45, 2.75) is 38.5 Å². The smallest absolute Gasteiger partial charge is 0.143 e. The molecule has 0 saturated carbocycles. The Bertz CT molecular complexity index is 3690. The van der Waals surface area contributed by atoms with E-state index in [1.54, 1.807) is 0 Å². The average molecular weight is 846 g/mol. The van der Waals surface area contributed by atoms with Gasteiger partial charge in [0, 0.05) is 38.7 Å². The first-order valence-electron chi connectivity index (χ1n) is 23.2. The summed E-state index contributed by atoms with van der Waals surface area (Å²) in [6.45, 7) is 9.34. The molecule has 1 spiro atoms. The molecule has 3 aliphatic carbocycles. The van der Waals surface area contributed by atoms with Gasteiger partial charge < -0.3 is 9.32 Å². The third kappa shape index (κ3) is 5.18. The van der Waals surface area contributed by atoms with Gasteiger partial charge in [-0.2, -0.15) is 0 Å². The van der Waals surface area contributed by atoms with E-state index in [4.69, 9.17) is 4.42 Å². The fraction of sp³-hybridized carbons (Fsp3) is 0.0938. The standard InChI is InChI=1S/C64H47NO/c1-5-45(41-19-7-6-8-20-41)60-40(2)64(56-30-15-11-24-53(56)60)55-29-14-10-22-48(55)51-26-18-31-58(61(51)64)65(44-37-38-49-47-21-9-13-28-54(47)63(3,4)57(49)39-44)43-35-33-42(34-36-43)46-25-17-27-52-50-23-12-16-32-59(50)66-62(46)52/h5-39H,1-4H3/b45-5-. The molecule has 1 heterocycles. The van der Waals surface area contributed by atoms with E-state index in [0.29, 0.717) is 0 Å². The van der Waals surface area contributed by atoms with Crippen molar-refractivity contribution in [3.05, 3.63) is 257 Å². The highest BCUT2D eigenvalue weighted by atomic mass is 16.3. The molecule has 66 heavy (non-hydrogen) atoms. The van der Waals surface area contributed by atoms with Gasteiger partial charge in [0.2, 0.25) is 0 Å². The predicted molar refractivity (Wildman–Crippen MR) is 276 cm³/mol. The second kappa shape index (κ2) is 14.3. The highest BCUT2D eigenvalue weighted by Gasteiger charge is 2.53. The summed E-state index contributed by atoms with van der Waals surface area (Å²) in [6.07, 6.45) is 2.31. The lowest BCUT2D eigenvalue weighted by Gasteiger charge is -2.36. The topological polar surface area (TPSA) is 16.4 Å². The van der Waals surface area contributed by atoms with Crippen LogP contribution in [0.4, 0.5) is 17.1 Å². The van der Waals surface area contributed by atoms with Crippen molar-refractivity contribution in [3.63, 3.8) is 0 Å². The molecular formula is C64H47NO. The maximum Gasteiger partial charge on any atom is 0.143 e. The van der Waals surface area contributed by atoms with Crippen molar-refractivity contribution in [2.24, 2.45) is 0 Å². The molecule has 13 rings (SSSR count). The lowest BCUT2D eigenvalue weighted by molar-refractivity contribution is 0.660. The molecule has 10 aromatic rings. The fourth-order valence-corrected chi connectivity index (χ4v) is 12.3. The van der Waals surface area contributed by atoms with Gasteiger partial charge in [-0.25, -0.2) is 0 Å². The van der Waals surface area contributed by atoms with Gasteiger partial charge in [0.05, 0.1) is 11.1 Å². The van der Waals surface area contributed by atoms with Crippen LogP contribution in [0.5, 0.6) is 0 Å². The number of allylic oxidation sites excluding steroid dienone is 4. The molecule has 1 aromatic heterocycles. The molecule has 0 saturated heterocycles. The molecule has 9 aromatic carbocycles. The summed E-state index contributed by atoms with van der Waals surface area (Å²) >= 11 is 0. The zero-order valence-electron chi connectivity index (χ0n) is 37.6. The summed E-state index contributed by atoms with van der Waals surface area (Å²) in [6, 6.07) is 76.3. The van der Waals surface area contributed by atoms with E-state index < -0.39 is 5.41 Å². The number of fused-ring (bicyclic) bond motifs is 13. The zero-order valence-corrected chi connectivity index (χ0v) is 37.6. The fourth-order valence-electron chi connectivity index (χ4n) is 12.3. The van der Waals surface area contributed by atoms with Gasteiger partial charge in [0.25, 0.3) is 0 Å². The van der Waals surface area contributed by atoms with Crippen LogP contribution in [-0.4, -0.2) is 0 Å². The van der Waals surface area contributed by atoms with Crippen LogP contribution in [0.25, 0.3) is 66.5 Å². The summed E-state index contributed by atoms with van der Waals surface area (Å²) < 4.78 is 6.56. The lowest BCUT2D eigenvalue weighted by atomic mass is 9.69. The third-order valence-corrected chi connectivity index (χ3v) is 15.1. The van der Waals surface area contributed by atoms with Gasteiger partial charge in [-0.1, -0.05) is 190 Å². The number of furan rings is 1. The first-order valence-corrected chi connectivity index (χ1v) is 23.2. The van der Waals surface area contributed by atoms with Gasteiger partial charge in [-0.3, -0.25) is 0 Å². The maximum absolute atomic E-state index is 6.56. The summed E-state index contributed by atoms with van der Waals surface area (Å²) in [4.78, 5) is 2.54. The van der Waals surface area contributed by atoms with Gasteiger partial charge >= 0.3 is 0 Å². The predicted octanol–water partition coefficient (Wildman–Crippen LogP) is 17.2. The minimum atomic E-state index is -0.557. The summed E-state index contributed by atoms with van der Waals surface area (Å²) in [5, 5.41) is 2.27. The van der Waals surface area contributed by atoms with Crippen molar-refractivity contribution < 1.29 is 4.42 Å². The highest BCUT2D eigenvalue weighted by Crippen LogP contribution is 2.66. The molecule has 0 aliphatic heterocycles. The van der Waals surface area contributed by atoms with E-state index in [2.05, 4.69) is 239 Å². The second-order valence-electron chi connectivity index (χ2n) is 18.7. The SMILES string of the molecule is C/C=C(\C1=C(C)C2(c3ccccc31)c1ccccc1-c1cccc(N(c3ccc(-c4cccc5c4oc4ccccc45)cc3)c3ccc4c(c3)C(C)(C)c3ccccc3-4)c12)c1ccccc1. The van der Waals surface area contributed by atoms with Crippen LogP contribution in [-0.2, 0) is 10.8 Å². The molecule has 0 radical (unpaired) electrons. The second-order valence-corrected chi connectivity index (χ2v) is 18.7. The number of hydrogen-bond donors (Lipinski definition) is 0. The van der Waals surface area contributed by atoms with Gasteiger partial charge in [0.15, 0.2) is 0 Å². The molecule has 2 nitrogen and oxygen atoms in total. The van der Waals surface area contributed by atoms with Crippen LogP contribution in [0.15, 0.2) is 222 Å². The maximum atomic E-state index is 6.56. The monoisotopic (exact) mass is 845 g/mol. The Morgan fingerprint density at radius 2 is 1.06 bits per heavy atom.